The minimum Gasteiger partial charge on any atom is -0.481 e. The number of carbonyl (C=O) groups excluding carboxylic acids is 1. The van der Waals surface area contributed by atoms with Crippen molar-refractivity contribution in [1.82, 2.24) is 10.2 Å². The molecule has 1 amide bonds. The lowest BCUT2D eigenvalue weighted by Crippen LogP contribution is -2.30. The van der Waals surface area contributed by atoms with Gasteiger partial charge in [-0.1, -0.05) is 35.6 Å². The van der Waals surface area contributed by atoms with Gasteiger partial charge in [-0.3, -0.25) is 15.3 Å². The summed E-state index contributed by atoms with van der Waals surface area (Å²) >= 11 is 0. The van der Waals surface area contributed by atoms with Crippen LogP contribution in [-0.4, -0.2) is 28.0 Å². The zero-order valence-electron chi connectivity index (χ0n) is 17.2. The molecule has 0 fully saturated rings. The number of amides is 1. The summed E-state index contributed by atoms with van der Waals surface area (Å²) in [6.45, 7) is 1.70. The highest BCUT2D eigenvalue weighted by atomic mass is 16.5. The van der Waals surface area contributed by atoms with Crippen LogP contribution in [-0.2, 0) is 4.79 Å². The van der Waals surface area contributed by atoms with Crippen LogP contribution in [0.4, 0.5) is 5.69 Å². The molecule has 0 aliphatic carbocycles. The summed E-state index contributed by atoms with van der Waals surface area (Å²) < 4.78 is 5.69. The second-order valence-electron chi connectivity index (χ2n) is 7.04. The third kappa shape index (κ3) is 4.46. The molecule has 0 saturated carbocycles. The zero-order valence-corrected chi connectivity index (χ0v) is 17.2. The van der Waals surface area contributed by atoms with E-state index in [0.717, 1.165) is 16.5 Å². The highest BCUT2D eigenvalue weighted by Gasteiger charge is 2.16. The largest absolute Gasteiger partial charge is 0.481 e. The number of para-hydroxylation sites is 1. The highest BCUT2D eigenvalue weighted by molar-refractivity contribution is 6.03. The van der Waals surface area contributed by atoms with Gasteiger partial charge >= 0.3 is 0 Å². The third-order valence-electron chi connectivity index (χ3n) is 4.82. The number of aromatic nitrogens is 2. The maximum absolute atomic E-state index is 12.6. The Morgan fingerprint density at radius 2 is 1.94 bits per heavy atom. The molecule has 0 saturated heterocycles. The highest BCUT2D eigenvalue weighted by Crippen LogP contribution is 2.29. The van der Waals surface area contributed by atoms with Gasteiger partial charge in [-0.2, -0.15) is 5.10 Å². The molecule has 9 nitrogen and oxygen atoms in total. The Morgan fingerprint density at radius 3 is 2.72 bits per heavy atom. The molecule has 0 spiro atoms. The molecule has 9 heteroatoms. The quantitative estimate of drug-likeness (QED) is 0.120. The first-order chi connectivity index (χ1) is 15.5. The number of amidine groups is 1. The molecule has 4 aromatic rings. The lowest BCUT2D eigenvalue weighted by molar-refractivity contribution is -0.122. The molecule has 4 rings (SSSR count). The molecule has 0 bridgehead atoms. The van der Waals surface area contributed by atoms with Crippen LogP contribution in [0.2, 0.25) is 0 Å². The van der Waals surface area contributed by atoms with E-state index in [9.17, 15) is 4.79 Å². The van der Waals surface area contributed by atoms with Crippen molar-refractivity contribution in [1.29, 1.82) is 5.41 Å². The Morgan fingerprint density at radius 1 is 1.12 bits per heavy atom. The van der Waals surface area contributed by atoms with Crippen molar-refractivity contribution < 1.29 is 9.53 Å². The first-order valence-corrected chi connectivity index (χ1v) is 9.86. The Bertz CT molecular complexity index is 1300. The molecular formula is C23H21N7O2. The Balaban J connectivity index is 1.56. The Labute approximate surface area is 183 Å². The minimum atomic E-state index is -0.669. The van der Waals surface area contributed by atoms with Crippen molar-refractivity contribution in [2.24, 2.45) is 16.2 Å². The standard InChI is InChI=1S/C23H21N7O2/c1-14(32-18-8-3-2-4-9-18)23(31)26-17-7-5-6-15(12-17)21-19-13-16(22(24)29-30-25)10-11-20(19)27-28-21/h2-14H,1H3,(H,26,31)(H,27,28)(H3,24,25,29). The number of fused-ring (bicyclic) bond motifs is 1. The summed E-state index contributed by atoms with van der Waals surface area (Å²) in [5.41, 5.74) is 3.47. The smallest absolute Gasteiger partial charge is 0.265 e. The molecule has 5 N–H and O–H groups in total. The number of H-pyrrole nitrogens is 1. The van der Waals surface area contributed by atoms with Crippen LogP contribution in [0, 0.1) is 5.41 Å². The predicted molar refractivity (Wildman–Crippen MR) is 123 cm³/mol. The van der Waals surface area contributed by atoms with Gasteiger partial charge in [-0.15, -0.1) is 5.11 Å². The monoisotopic (exact) mass is 427 g/mol. The number of benzene rings is 3. The Kier molecular flexibility index (Phi) is 5.89. The van der Waals surface area contributed by atoms with E-state index in [-0.39, 0.29) is 11.7 Å². The van der Waals surface area contributed by atoms with Crippen molar-refractivity contribution in [2.75, 3.05) is 5.32 Å². The summed E-state index contributed by atoms with van der Waals surface area (Å²) in [6, 6.07) is 21.9. The van der Waals surface area contributed by atoms with Crippen LogP contribution in [0.5, 0.6) is 5.75 Å². The zero-order chi connectivity index (χ0) is 22.5. The van der Waals surface area contributed by atoms with Gasteiger partial charge in [-0.05, 0) is 49.4 Å². The average molecular weight is 427 g/mol. The van der Waals surface area contributed by atoms with E-state index < -0.39 is 6.10 Å². The van der Waals surface area contributed by atoms with Gasteiger partial charge in [0, 0.05) is 22.2 Å². The summed E-state index contributed by atoms with van der Waals surface area (Å²) in [7, 11) is 0. The second kappa shape index (κ2) is 9.09. The van der Waals surface area contributed by atoms with Crippen molar-refractivity contribution in [3.05, 3.63) is 78.4 Å². The van der Waals surface area contributed by atoms with Crippen LogP contribution in [0.15, 0.2) is 83.1 Å². The van der Waals surface area contributed by atoms with Gasteiger partial charge in [0.25, 0.3) is 5.91 Å². The van der Waals surface area contributed by atoms with Gasteiger partial charge in [0.2, 0.25) is 0 Å². The summed E-state index contributed by atoms with van der Waals surface area (Å²) in [4.78, 5) is 12.6. The van der Waals surface area contributed by atoms with Crippen LogP contribution in [0.3, 0.4) is 0 Å². The summed E-state index contributed by atoms with van der Waals surface area (Å²) in [6.07, 6.45) is -0.669. The summed E-state index contributed by atoms with van der Waals surface area (Å²) in [5, 5.41) is 25.8. The first-order valence-electron chi connectivity index (χ1n) is 9.86. The molecule has 1 aromatic heterocycles. The van der Waals surface area contributed by atoms with Gasteiger partial charge in [0.1, 0.15) is 5.75 Å². The van der Waals surface area contributed by atoms with E-state index in [0.29, 0.717) is 22.7 Å². The molecule has 0 radical (unpaired) electrons. The van der Waals surface area contributed by atoms with Crippen molar-refractivity contribution in [3.8, 4) is 17.0 Å². The number of hydrogen-bond donors (Lipinski definition) is 4. The van der Waals surface area contributed by atoms with Gasteiger partial charge in [-0.25, -0.2) is 0 Å². The molecule has 1 heterocycles. The van der Waals surface area contributed by atoms with Crippen LogP contribution in [0.25, 0.3) is 22.2 Å². The van der Waals surface area contributed by atoms with Crippen molar-refractivity contribution in [2.45, 2.75) is 13.0 Å². The van der Waals surface area contributed by atoms with Crippen LogP contribution < -0.4 is 15.9 Å². The number of carbonyl (C=O) groups is 1. The second-order valence-corrected chi connectivity index (χ2v) is 7.04. The van der Waals surface area contributed by atoms with Gasteiger partial charge in [0.15, 0.2) is 11.9 Å². The van der Waals surface area contributed by atoms with E-state index in [4.69, 9.17) is 16.0 Å². The topological polar surface area (TPSA) is 142 Å². The van der Waals surface area contributed by atoms with E-state index in [1.165, 1.54) is 0 Å². The number of ether oxygens (including phenoxy) is 1. The number of hydrogen-bond acceptors (Lipinski definition) is 5. The van der Waals surface area contributed by atoms with Crippen LogP contribution in [0.1, 0.15) is 12.5 Å². The number of nitrogens with two attached hydrogens (primary N) is 1. The molecular weight excluding hydrogens is 406 g/mol. The average Bonchev–Trinajstić information content (AvgIpc) is 3.23. The maximum atomic E-state index is 12.6. The van der Waals surface area contributed by atoms with E-state index >= 15 is 0 Å². The Hall–Kier alpha value is -4.53. The first kappa shape index (κ1) is 20.7. The molecule has 0 aliphatic heterocycles. The number of nitrogens with zero attached hydrogens (tertiary/aromatic N) is 3. The molecule has 0 aliphatic rings. The van der Waals surface area contributed by atoms with Crippen molar-refractivity contribution in [3.63, 3.8) is 0 Å². The van der Waals surface area contributed by atoms with E-state index in [1.807, 2.05) is 42.5 Å². The fraction of sp³-hybridized carbons (Fsp3) is 0.0870. The van der Waals surface area contributed by atoms with E-state index in [1.54, 1.807) is 37.3 Å². The normalized spacial score (nSPS) is 12.0. The fourth-order valence-electron chi connectivity index (χ4n) is 3.24. The SMILES string of the molecule is CC(Oc1ccccc1)C(=O)Nc1cccc(-c2n[nH]c3ccc(C(=N)N=NN)cc23)c1. The lowest BCUT2D eigenvalue weighted by atomic mass is 10.0. The van der Waals surface area contributed by atoms with E-state index in [2.05, 4.69) is 25.9 Å². The molecule has 32 heavy (non-hydrogen) atoms. The predicted octanol–water partition coefficient (Wildman–Crippen LogP) is 4.29. The number of rotatable bonds is 6. The van der Waals surface area contributed by atoms with Crippen LogP contribution >= 0.6 is 0 Å². The maximum Gasteiger partial charge on any atom is 0.265 e. The lowest BCUT2D eigenvalue weighted by Gasteiger charge is -2.15. The number of nitrogens with one attached hydrogen (secondary N) is 3. The minimum absolute atomic E-state index is 0.0463. The van der Waals surface area contributed by atoms with Crippen molar-refractivity contribution >= 4 is 28.3 Å². The van der Waals surface area contributed by atoms with Gasteiger partial charge in [0.05, 0.1) is 11.2 Å². The number of anilines is 1. The fourth-order valence-corrected chi connectivity index (χ4v) is 3.24. The molecule has 1 unspecified atom stereocenters. The summed E-state index contributed by atoms with van der Waals surface area (Å²) in [5.74, 6) is 5.37. The number of aromatic amines is 1. The molecule has 1 atom stereocenters. The molecule has 3 aromatic carbocycles. The van der Waals surface area contributed by atoms with Gasteiger partial charge < -0.3 is 15.9 Å². The third-order valence-corrected chi connectivity index (χ3v) is 4.82. The molecule has 160 valence electrons.